The first kappa shape index (κ1) is 28.9. The highest BCUT2D eigenvalue weighted by Gasteiger charge is 2.70. The minimum Gasteiger partial charge on any atom is -0.353 e. The average molecular weight is 604 g/mol. The van der Waals surface area contributed by atoms with Crippen molar-refractivity contribution in [2.45, 2.75) is 102 Å². The van der Waals surface area contributed by atoms with Crippen LogP contribution in [0.4, 0.5) is 13.2 Å². The highest BCUT2D eigenvalue weighted by atomic mass is 19.4. The van der Waals surface area contributed by atoms with E-state index in [1.165, 1.54) is 4.90 Å². The molecule has 0 aromatic rings. The van der Waals surface area contributed by atoms with E-state index in [1.54, 1.807) is 0 Å². The fourth-order valence-electron chi connectivity index (χ4n) is 10.8. The van der Waals surface area contributed by atoms with Crippen molar-refractivity contribution in [1.82, 2.24) is 20.9 Å². The first-order valence-corrected chi connectivity index (χ1v) is 15.9. The summed E-state index contributed by atoms with van der Waals surface area (Å²) in [6, 6.07) is -0.967. The van der Waals surface area contributed by atoms with Crippen LogP contribution in [0, 0.1) is 63.6 Å². The number of rotatable bonds is 7. The number of nitrogens with zero attached hydrogens (tertiary/aromatic N) is 2. The van der Waals surface area contributed by atoms with E-state index in [4.69, 9.17) is 0 Å². The molecule has 0 spiro atoms. The Bertz CT molecular complexity index is 1250. The molecule has 3 aliphatic heterocycles. The molecule has 6 saturated carbocycles. The second kappa shape index (κ2) is 9.58. The minimum absolute atomic E-state index is 0.0147. The van der Waals surface area contributed by atoms with Gasteiger partial charge >= 0.3 is 12.1 Å². The molecule has 43 heavy (non-hydrogen) atoms. The van der Waals surface area contributed by atoms with Gasteiger partial charge in [-0.2, -0.15) is 18.4 Å². The third-order valence-corrected chi connectivity index (χ3v) is 12.6. The molecule has 9 fully saturated rings. The van der Waals surface area contributed by atoms with Gasteiger partial charge in [-0.3, -0.25) is 19.2 Å². The van der Waals surface area contributed by atoms with Crippen LogP contribution in [0.3, 0.4) is 0 Å². The van der Waals surface area contributed by atoms with Crippen molar-refractivity contribution < 1.29 is 32.3 Å². The molecular weight excluding hydrogens is 563 g/mol. The number of halogens is 3. The standard InChI is InChI=1S/C31H40F3N5O4/c1-29(2)21-13-39(23(22(21)29)26(41)37-19(12-35)8-20-17-6-18(7-17)36-25(20)40)27(42)24(38-28(43)31(32,33)34)30-9-14-3-15(10-30)5-16(4-14)11-30/h14-24H,3-11,13H2,1-2H3,(H,36,40)(H,37,41)(H,38,43)/t14?,15?,16?,17?,18?,19-,20+,21-,22-,23-,24?,30?/m0/s1. The van der Waals surface area contributed by atoms with Crippen LogP contribution in [0.25, 0.3) is 0 Å². The van der Waals surface area contributed by atoms with Crippen molar-refractivity contribution in [3.05, 3.63) is 0 Å². The van der Waals surface area contributed by atoms with Crippen LogP contribution in [-0.2, 0) is 19.2 Å². The Morgan fingerprint density at radius 3 is 2.19 bits per heavy atom. The van der Waals surface area contributed by atoms with E-state index in [1.807, 2.05) is 13.8 Å². The Balaban J connectivity index is 1.14. The average Bonchev–Trinajstić information content (AvgIpc) is 3.22. The van der Waals surface area contributed by atoms with Crippen LogP contribution in [0.1, 0.15) is 71.6 Å². The summed E-state index contributed by atoms with van der Waals surface area (Å²) in [7, 11) is 0. The van der Waals surface area contributed by atoms with Crippen molar-refractivity contribution in [2.24, 2.45) is 52.3 Å². The summed E-state index contributed by atoms with van der Waals surface area (Å²) in [5, 5.41) is 17.8. The molecule has 1 unspecified atom stereocenters. The predicted octanol–water partition coefficient (Wildman–Crippen LogP) is 2.66. The maximum absolute atomic E-state index is 14.4. The number of nitriles is 1. The zero-order valence-electron chi connectivity index (χ0n) is 24.6. The summed E-state index contributed by atoms with van der Waals surface area (Å²) in [5.74, 6) is -2.81. The Labute approximate surface area is 249 Å². The Hall–Kier alpha value is -2.84. The molecular formula is C31H40F3N5O4. The van der Waals surface area contributed by atoms with Gasteiger partial charge in [0.05, 0.1) is 6.07 Å². The Morgan fingerprint density at radius 1 is 1.05 bits per heavy atom. The van der Waals surface area contributed by atoms with Crippen molar-refractivity contribution >= 4 is 23.6 Å². The molecule has 4 amide bonds. The Kier molecular flexibility index (Phi) is 6.44. The molecule has 9 nitrogen and oxygen atoms in total. The number of alkyl halides is 3. The van der Waals surface area contributed by atoms with Crippen LogP contribution in [-0.4, -0.2) is 65.4 Å². The zero-order valence-corrected chi connectivity index (χ0v) is 24.6. The van der Waals surface area contributed by atoms with E-state index in [-0.39, 0.29) is 54.0 Å². The molecule has 3 heterocycles. The number of amides is 4. The maximum Gasteiger partial charge on any atom is 0.471 e. The largest absolute Gasteiger partial charge is 0.471 e. The summed E-state index contributed by atoms with van der Waals surface area (Å²) >= 11 is 0. The van der Waals surface area contributed by atoms with E-state index in [9.17, 15) is 37.6 Å². The minimum atomic E-state index is -5.14. The van der Waals surface area contributed by atoms with Gasteiger partial charge in [0.15, 0.2) is 0 Å². The van der Waals surface area contributed by atoms with E-state index < -0.39 is 47.4 Å². The van der Waals surface area contributed by atoms with Gasteiger partial charge in [0.2, 0.25) is 17.7 Å². The lowest BCUT2D eigenvalue weighted by Gasteiger charge is -2.59. The molecule has 6 aliphatic carbocycles. The van der Waals surface area contributed by atoms with E-state index in [2.05, 4.69) is 22.0 Å². The zero-order chi connectivity index (χ0) is 30.6. The van der Waals surface area contributed by atoms with Crippen LogP contribution in [0.15, 0.2) is 0 Å². The number of carbonyl (C=O) groups excluding carboxylic acids is 4. The van der Waals surface area contributed by atoms with Crippen molar-refractivity contribution in [3.8, 4) is 6.07 Å². The van der Waals surface area contributed by atoms with Gasteiger partial charge in [0.1, 0.15) is 18.1 Å². The number of nitrogens with one attached hydrogen (secondary N) is 3. The van der Waals surface area contributed by atoms with Crippen molar-refractivity contribution in [2.75, 3.05) is 6.54 Å². The van der Waals surface area contributed by atoms with Crippen LogP contribution >= 0.6 is 0 Å². The molecule has 3 N–H and O–H groups in total. The van der Waals surface area contributed by atoms with Gasteiger partial charge in [-0.1, -0.05) is 13.8 Å². The van der Waals surface area contributed by atoms with E-state index >= 15 is 0 Å². The normalized spacial score (nSPS) is 42.6. The lowest BCUT2D eigenvalue weighted by molar-refractivity contribution is -0.179. The molecule has 6 atom stereocenters. The molecule has 0 aromatic heterocycles. The van der Waals surface area contributed by atoms with Gasteiger partial charge in [-0.25, -0.2) is 0 Å². The number of piperidine rings is 3. The quantitative estimate of drug-likeness (QED) is 0.412. The van der Waals surface area contributed by atoms with Gasteiger partial charge in [0, 0.05) is 23.9 Å². The highest BCUT2D eigenvalue weighted by molar-refractivity contribution is 5.95. The third-order valence-electron chi connectivity index (χ3n) is 12.6. The van der Waals surface area contributed by atoms with Gasteiger partial charge in [0.25, 0.3) is 0 Å². The molecule has 234 valence electrons. The smallest absolute Gasteiger partial charge is 0.353 e. The van der Waals surface area contributed by atoms with Crippen LogP contribution in [0.5, 0.6) is 0 Å². The molecule has 9 aliphatic rings. The molecule has 0 aromatic carbocycles. The molecule has 6 bridgehead atoms. The van der Waals surface area contributed by atoms with E-state index in [0.717, 1.165) is 32.1 Å². The number of likely N-dealkylation sites (tertiary alicyclic amines) is 1. The summed E-state index contributed by atoms with van der Waals surface area (Å²) < 4.78 is 40.7. The predicted molar refractivity (Wildman–Crippen MR) is 145 cm³/mol. The summed E-state index contributed by atoms with van der Waals surface area (Å²) in [6.45, 7) is 4.23. The topological polar surface area (TPSA) is 131 Å². The second-order valence-corrected chi connectivity index (χ2v) is 15.5. The first-order valence-electron chi connectivity index (χ1n) is 15.9. The van der Waals surface area contributed by atoms with E-state index in [0.29, 0.717) is 37.0 Å². The SMILES string of the molecule is CC1(C)[C@@H]2[C@@H](C(=O)N[C@H](C#N)C[C@H]3C(=O)NC4CC3C4)N(C(=O)C(NC(=O)C(F)(F)F)C34CC5CC(CC(C5)C3)C4)C[C@@H]21. The molecule has 9 rings (SSSR count). The number of carbonyl (C=O) groups is 4. The van der Waals surface area contributed by atoms with Crippen molar-refractivity contribution in [3.63, 3.8) is 0 Å². The number of fused-ring (bicyclic) bond motifs is 3. The molecule has 0 radical (unpaired) electrons. The third kappa shape index (κ3) is 4.62. The van der Waals surface area contributed by atoms with Gasteiger partial charge in [-0.05, 0) is 98.7 Å². The fourth-order valence-corrected chi connectivity index (χ4v) is 10.8. The second-order valence-electron chi connectivity index (χ2n) is 15.5. The van der Waals surface area contributed by atoms with Gasteiger partial charge in [-0.15, -0.1) is 0 Å². The number of hydrogen-bond donors (Lipinski definition) is 3. The molecule has 12 heteroatoms. The summed E-state index contributed by atoms with van der Waals surface area (Å²) in [6.07, 6.45) is 1.57. The van der Waals surface area contributed by atoms with Crippen LogP contribution < -0.4 is 16.0 Å². The van der Waals surface area contributed by atoms with Crippen LogP contribution in [0.2, 0.25) is 0 Å². The summed E-state index contributed by atoms with van der Waals surface area (Å²) in [5.41, 5.74) is -1.02. The lowest BCUT2D eigenvalue weighted by Crippen LogP contribution is -2.65. The number of hydrogen-bond acceptors (Lipinski definition) is 5. The van der Waals surface area contributed by atoms with Gasteiger partial charge < -0.3 is 20.9 Å². The highest BCUT2D eigenvalue weighted by Crippen LogP contribution is 2.66. The molecule has 3 saturated heterocycles. The maximum atomic E-state index is 14.4. The lowest BCUT2D eigenvalue weighted by atomic mass is 9.47. The Morgan fingerprint density at radius 2 is 1.65 bits per heavy atom. The first-order chi connectivity index (χ1) is 20.2. The van der Waals surface area contributed by atoms with Crippen molar-refractivity contribution in [1.29, 1.82) is 5.26 Å². The summed E-state index contributed by atoms with van der Waals surface area (Å²) in [4.78, 5) is 54.6. The fraction of sp³-hybridized carbons (Fsp3) is 0.839. The monoisotopic (exact) mass is 603 g/mol.